The first kappa shape index (κ1) is 26.4. The van der Waals surface area contributed by atoms with E-state index in [-0.39, 0.29) is 11.9 Å². The smallest absolute Gasteiger partial charge is 0.253 e. The molecule has 5 heteroatoms. The van der Waals surface area contributed by atoms with Gasteiger partial charge >= 0.3 is 0 Å². The van der Waals surface area contributed by atoms with Crippen molar-refractivity contribution in [3.8, 4) is 0 Å². The summed E-state index contributed by atoms with van der Waals surface area (Å²) in [5.74, 6) is 0.0967. The molecule has 4 nitrogen and oxygen atoms in total. The molecule has 0 spiro atoms. The maximum absolute atomic E-state index is 12.9. The largest absolute Gasteiger partial charge is 0.339 e. The minimum Gasteiger partial charge on any atom is -0.339 e. The maximum Gasteiger partial charge on any atom is 0.253 e. The van der Waals surface area contributed by atoms with Gasteiger partial charge in [-0.05, 0) is 68.7 Å². The summed E-state index contributed by atoms with van der Waals surface area (Å²) >= 11 is 6.24. The molecule has 1 aliphatic heterocycles. The number of hydrogen-bond acceptors (Lipinski definition) is 3. The molecule has 1 saturated heterocycles. The number of rotatable bonds is 8. The van der Waals surface area contributed by atoms with Gasteiger partial charge in [0.1, 0.15) is 0 Å². The van der Waals surface area contributed by atoms with Crippen molar-refractivity contribution in [2.75, 3.05) is 26.2 Å². The second-order valence-corrected chi connectivity index (χ2v) is 10.3. The molecule has 0 unspecified atom stereocenters. The van der Waals surface area contributed by atoms with Crippen LogP contribution < -0.4 is 0 Å². The number of nitrogens with zero attached hydrogens (tertiary/aromatic N) is 3. The molecule has 36 heavy (non-hydrogen) atoms. The molecule has 0 aromatic heterocycles. The zero-order chi connectivity index (χ0) is 25.7. The first-order chi connectivity index (χ1) is 17.4. The fraction of sp³-hybridized carbons (Fsp3) is 0.387. The van der Waals surface area contributed by atoms with Gasteiger partial charge in [0, 0.05) is 55.4 Å². The molecule has 1 amide bonds. The molecule has 3 atom stereocenters. The number of carbonyl (C=O) groups is 1. The van der Waals surface area contributed by atoms with Crippen LogP contribution in [0.15, 0.2) is 78.9 Å². The number of hydrogen-bond donors (Lipinski definition) is 0. The molecule has 0 radical (unpaired) electrons. The van der Waals surface area contributed by atoms with E-state index in [0.717, 1.165) is 43.3 Å². The Balaban J connectivity index is 1.58. The Labute approximate surface area is 221 Å². The van der Waals surface area contributed by atoms with Crippen LogP contribution in [-0.4, -0.2) is 58.9 Å². The SMILES string of the molecule is CCN(CC)C(=O)c1ccc([C@H](c2ccccc2)N2C[C@@H](C)N(Cc3cccc(Cl)c3)C[C@@H]2C)cc1. The molecule has 190 valence electrons. The molecular formula is C31H38ClN3O. The molecule has 3 aromatic carbocycles. The summed E-state index contributed by atoms with van der Waals surface area (Å²) in [6.07, 6.45) is 0. The molecular weight excluding hydrogens is 466 g/mol. The molecule has 1 heterocycles. The zero-order valence-corrected chi connectivity index (χ0v) is 22.7. The molecule has 0 N–H and O–H groups in total. The summed E-state index contributed by atoms with van der Waals surface area (Å²) in [5.41, 5.74) is 4.51. The Morgan fingerprint density at radius 3 is 2.19 bits per heavy atom. The Morgan fingerprint density at radius 2 is 1.56 bits per heavy atom. The summed E-state index contributed by atoms with van der Waals surface area (Å²) in [6.45, 7) is 13.0. The number of piperazine rings is 1. The van der Waals surface area contributed by atoms with E-state index >= 15 is 0 Å². The average molecular weight is 504 g/mol. The molecule has 4 rings (SSSR count). The summed E-state index contributed by atoms with van der Waals surface area (Å²) < 4.78 is 0. The van der Waals surface area contributed by atoms with Crippen molar-refractivity contribution in [1.82, 2.24) is 14.7 Å². The second-order valence-electron chi connectivity index (χ2n) is 9.87. The van der Waals surface area contributed by atoms with E-state index in [1.165, 1.54) is 16.7 Å². The van der Waals surface area contributed by atoms with Gasteiger partial charge in [-0.3, -0.25) is 14.6 Å². The Kier molecular flexibility index (Phi) is 8.84. The van der Waals surface area contributed by atoms with Gasteiger partial charge in [0.15, 0.2) is 0 Å². The third-order valence-electron chi connectivity index (χ3n) is 7.41. The summed E-state index contributed by atoms with van der Waals surface area (Å²) in [6, 6.07) is 28.1. The van der Waals surface area contributed by atoms with Crippen molar-refractivity contribution in [3.05, 3.63) is 106 Å². The topological polar surface area (TPSA) is 26.8 Å². The van der Waals surface area contributed by atoms with Crippen molar-refractivity contribution in [3.63, 3.8) is 0 Å². The quantitative estimate of drug-likeness (QED) is 0.350. The molecule has 0 saturated carbocycles. The minimum absolute atomic E-state index is 0.0967. The number of halogens is 1. The fourth-order valence-corrected chi connectivity index (χ4v) is 5.60. The summed E-state index contributed by atoms with van der Waals surface area (Å²) in [5, 5.41) is 0.791. The predicted molar refractivity (Wildman–Crippen MR) is 149 cm³/mol. The van der Waals surface area contributed by atoms with Crippen LogP contribution in [0.2, 0.25) is 5.02 Å². The van der Waals surface area contributed by atoms with Crippen molar-refractivity contribution in [2.24, 2.45) is 0 Å². The lowest BCUT2D eigenvalue weighted by molar-refractivity contribution is 0.0195. The van der Waals surface area contributed by atoms with E-state index in [9.17, 15) is 4.79 Å². The Bertz CT molecular complexity index is 1130. The van der Waals surface area contributed by atoms with Crippen molar-refractivity contribution in [2.45, 2.75) is 52.4 Å². The third-order valence-corrected chi connectivity index (χ3v) is 7.64. The van der Waals surface area contributed by atoms with Gasteiger partial charge in [0.25, 0.3) is 5.91 Å². The Morgan fingerprint density at radius 1 is 0.889 bits per heavy atom. The van der Waals surface area contributed by atoms with Gasteiger partial charge < -0.3 is 4.90 Å². The maximum atomic E-state index is 12.9. The van der Waals surface area contributed by atoms with Gasteiger partial charge in [0.2, 0.25) is 0 Å². The van der Waals surface area contributed by atoms with Crippen LogP contribution in [0.4, 0.5) is 0 Å². The molecule has 1 aliphatic rings. The number of carbonyl (C=O) groups excluding carboxylic acids is 1. The van der Waals surface area contributed by atoms with E-state index in [1.54, 1.807) is 0 Å². The van der Waals surface area contributed by atoms with Crippen LogP contribution in [0.5, 0.6) is 0 Å². The number of benzene rings is 3. The first-order valence-corrected chi connectivity index (χ1v) is 13.5. The second kappa shape index (κ2) is 12.1. The van der Waals surface area contributed by atoms with E-state index in [4.69, 9.17) is 11.6 Å². The van der Waals surface area contributed by atoms with Gasteiger partial charge in [0.05, 0.1) is 6.04 Å². The van der Waals surface area contributed by atoms with Gasteiger partial charge in [-0.25, -0.2) is 0 Å². The molecule has 3 aromatic rings. The highest BCUT2D eigenvalue weighted by molar-refractivity contribution is 6.30. The van der Waals surface area contributed by atoms with Gasteiger partial charge in [-0.15, -0.1) is 0 Å². The standard InChI is InChI=1S/C31H38ClN3O/c1-5-33(6-2)31(36)28-17-15-27(16-18-28)30(26-12-8-7-9-13-26)35-21-23(3)34(20-24(35)4)22-25-11-10-14-29(32)19-25/h7-19,23-24,30H,5-6,20-22H2,1-4H3/t23-,24+,30+/m1/s1. The van der Waals surface area contributed by atoms with Crippen LogP contribution >= 0.6 is 11.6 Å². The number of amides is 1. The van der Waals surface area contributed by atoms with Crippen molar-refractivity contribution in [1.29, 1.82) is 0 Å². The van der Waals surface area contributed by atoms with Crippen LogP contribution in [-0.2, 0) is 6.54 Å². The van der Waals surface area contributed by atoms with Crippen LogP contribution in [0.25, 0.3) is 0 Å². The lowest BCUT2D eigenvalue weighted by Crippen LogP contribution is -2.56. The van der Waals surface area contributed by atoms with Crippen LogP contribution in [0.3, 0.4) is 0 Å². The lowest BCUT2D eigenvalue weighted by atomic mass is 9.92. The van der Waals surface area contributed by atoms with Crippen molar-refractivity contribution < 1.29 is 4.79 Å². The monoisotopic (exact) mass is 503 g/mol. The van der Waals surface area contributed by atoms with Crippen LogP contribution in [0.1, 0.15) is 60.8 Å². The lowest BCUT2D eigenvalue weighted by Gasteiger charge is -2.47. The molecule has 0 bridgehead atoms. The zero-order valence-electron chi connectivity index (χ0n) is 21.9. The van der Waals surface area contributed by atoms with E-state index < -0.39 is 0 Å². The highest BCUT2D eigenvalue weighted by Gasteiger charge is 2.34. The van der Waals surface area contributed by atoms with E-state index in [0.29, 0.717) is 12.1 Å². The van der Waals surface area contributed by atoms with Gasteiger partial charge in [-0.1, -0.05) is 66.2 Å². The third kappa shape index (κ3) is 6.00. The minimum atomic E-state index is 0.0967. The van der Waals surface area contributed by atoms with Gasteiger partial charge in [-0.2, -0.15) is 0 Å². The van der Waals surface area contributed by atoms with E-state index in [1.807, 2.05) is 43.0 Å². The summed E-state index contributed by atoms with van der Waals surface area (Å²) in [7, 11) is 0. The van der Waals surface area contributed by atoms with Crippen molar-refractivity contribution >= 4 is 17.5 Å². The molecule has 0 aliphatic carbocycles. The Hall–Kier alpha value is -2.66. The fourth-order valence-electron chi connectivity index (χ4n) is 5.39. The average Bonchev–Trinajstić information content (AvgIpc) is 2.89. The first-order valence-electron chi connectivity index (χ1n) is 13.1. The highest BCUT2D eigenvalue weighted by atomic mass is 35.5. The summed E-state index contributed by atoms with van der Waals surface area (Å²) in [4.78, 5) is 19.9. The molecule has 1 fully saturated rings. The van der Waals surface area contributed by atoms with E-state index in [2.05, 4.69) is 78.2 Å². The normalized spacial score (nSPS) is 19.7. The van der Waals surface area contributed by atoms with Crippen LogP contribution in [0, 0.1) is 0 Å². The highest BCUT2D eigenvalue weighted by Crippen LogP contribution is 2.34. The predicted octanol–water partition coefficient (Wildman–Crippen LogP) is 6.51.